The smallest absolute Gasteiger partial charge is 0.254 e. The van der Waals surface area contributed by atoms with Gasteiger partial charge in [0, 0.05) is 0 Å². The molecule has 6 nitrogen and oxygen atoms in total. The van der Waals surface area contributed by atoms with E-state index in [0.29, 0.717) is 0 Å². The minimum absolute atomic E-state index is 2.28. The summed E-state index contributed by atoms with van der Waals surface area (Å²) in [5, 5.41) is 0. The second-order valence-corrected chi connectivity index (χ2v) is 6.50. The van der Waals surface area contributed by atoms with Crippen LogP contribution in [0.15, 0.2) is 0 Å². The molecule has 0 heterocycles. The average Bonchev–Trinajstić information content (AvgIpc) is 2.30. The fraction of sp³-hybridized carbons (Fsp3) is 1.00. The van der Waals surface area contributed by atoms with E-state index in [0.717, 1.165) is 0 Å². The topological polar surface area (TPSA) is 86.7 Å². The van der Waals surface area contributed by atoms with Crippen LogP contribution in [-0.4, -0.2) is 53.4 Å². The molecule has 22 heavy (non-hydrogen) atoms. The molecule has 0 aromatic rings. The summed E-state index contributed by atoms with van der Waals surface area (Å²) in [5.41, 5.74) is -12.2. The van der Waals surface area contributed by atoms with Gasteiger partial charge >= 0.3 is 31.3 Å². The molecule has 0 amide bonds. The zero-order chi connectivity index (χ0) is 18.0. The summed E-state index contributed by atoms with van der Waals surface area (Å²) in [7, 11) is -13.0. The summed E-state index contributed by atoms with van der Waals surface area (Å²) in [4.78, 5) is 0. The summed E-state index contributed by atoms with van der Waals surface area (Å²) >= 11 is 0. The zero-order valence-electron chi connectivity index (χ0n) is 9.86. The van der Waals surface area contributed by atoms with Crippen LogP contribution in [0.5, 0.6) is 0 Å². The predicted molar refractivity (Wildman–Crippen MR) is 51.6 cm³/mol. The summed E-state index contributed by atoms with van der Waals surface area (Å²) < 4.78 is 145. The quantitative estimate of drug-likeness (QED) is 0.371. The van der Waals surface area contributed by atoms with Crippen LogP contribution >= 0.6 is 0 Å². The lowest BCUT2D eigenvalue weighted by atomic mass is 10.2. The number of hydrogen-bond donors (Lipinski definition) is 0. The highest BCUT2D eigenvalue weighted by Crippen LogP contribution is 2.30. The van der Waals surface area contributed by atoms with Crippen molar-refractivity contribution in [3.05, 3.63) is 0 Å². The highest BCUT2D eigenvalue weighted by molar-refractivity contribution is 7.88. The standard InChI is InChI=1S/C6H6F8O6S2/c7-1-3(19-21(15,16)5(9,10)11)4(2-8)20-22(17,18)6(12,13)14/h3-4H,1-2H2. The Morgan fingerprint density at radius 3 is 1.05 bits per heavy atom. The molecule has 0 bridgehead atoms. The Morgan fingerprint density at radius 2 is 0.909 bits per heavy atom. The van der Waals surface area contributed by atoms with Crippen LogP contribution in [0.25, 0.3) is 0 Å². The first-order valence-corrected chi connectivity index (χ1v) is 7.51. The molecule has 2 unspecified atom stereocenters. The van der Waals surface area contributed by atoms with Crippen molar-refractivity contribution >= 4 is 20.2 Å². The third-order valence-corrected chi connectivity index (χ3v) is 3.92. The van der Waals surface area contributed by atoms with Gasteiger partial charge in [-0.15, -0.1) is 0 Å². The van der Waals surface area contributed by atoms with Crippen LogP contribution in [0.4, 0.5) is 35.1 Å². The lowest BCUT2D eigenvalue weighted by Gasteiger charge is -2.22. The van der Waals surface area contributed by atoms with Crippen LogP contribution in [0.1, 0.15) is 0 Å². The van der Waals surface area contributed by atoms with Gasteiger partial charge in [0.15, 0.2) is 0 Å². The van der Waals surface area contributed by atoms with Gasteiger partial charge in [-0.1, -0.05) is 0 Å². The van der Waals surface area contributed by atoms with E-state index in [1.54, 1.807) is 0 Å². The summed E-state index contributed by atoms with van der Waals surface area (Å²) in [6, 6.07) is 0. The fourth-order valence-electron chi connectivity index (χ4n) is 0.809. The Kier molecular flexibility index (Phi) is 6.57. The van der Waals surface area contributed by atoms with Crippen molar-refractivity contribution < 1.29 is 60.3 Å². The molecular formula is C6H6F8O6S2. The molecule has 0 aliphatic rings. The first-order chi connectivity index (χ1) is 9.59. The molecule has 0 saturated carbocycles. The van der Waals surface area contributed by atoms with Gasteiger partial charge in [0.25, 0.3) is 0 Å². The van der Waals surface area contributed by atoms with Crippen LogP contribution < -0.4 is 0 Å². The zero-order valence-corrected chi connectivity index (χ0v) is 11.5. The molecular weight excluding hydrogens is 384 g/mol. The molecule has 0 aliphatic heterocycles. The molecule has 0 saturated heterocycles. The van der Waals surface area contributed by atoms with Gasteiger partial charge in [0.05, 0.1) is 0 Å². The Morgan fingerprint density at radius 1 is 0.682 bits per heavy atom. The first kappa shape index (κ1) is 21.3. The van der Waals surface area contributed by atoms with E-state index in [1.807, 2.05) is 0 Å². The van der Waals surface area contributed by atoms with Gasteiger partial charge in [-0.2, -0.15) is 43.2 Å². The van der Waals surface area contributed by atoms with Crippen LogP contribution in [0.3, 0.4) is 0 Å². The predicted octanol–water partition coefficient (Wildman–Crippen LogP) is 1.40. The van der Waals surface area contributed by atoms with Gasteiger partial charge in [0.1, 0.15) is 25.6 Å². The third kappa shape index (κ3) is 5.17. The van der Waals surface area contributed by atoms with Crippen LogP contribution in [0, 0.1) is 0 Å². The van der Waals surface area contributed by atoms with Crippen molar-refractivity contribution in [2.75, 3.05) is 13.3 Å². The van der Waals surface area contributed by atoms with Gasteiger partial charge in [-0.3, -0.25) is 8.37 Å². The minimum Gasteiger partial charge on any atom is -0.254 e. The molecule has 0 aliphatic carbocycles. The Bertz CT molecular complexity index is 511. The van der Waals surface area contributed by atoms with E-state index in [4.69, 9.17) is 0 Å². The summed E-state index contributed by atoms with van der Waals surface area (Å²) in [6.07, 6.45) is -6.21. The SMILES string of the molecule is O=S(=O)(OC(CF)C(CF)OS(=O)(=O)C(F)(F)F)C(F)(F)F. The van der Waals surface area contributed by atoms with Gasteiger partial charge in [0.2, 0.25) is 0 Å². The van der Waals surface area contributed by atoms with Crippen molar-refractivity contribution in [1.82, 2.24) is 0 Å². The second kappa shape index (κ2) is 6.79. The van der Waals surface area contributed by atoms with Crippen molar-refractivity contribution in [1.29, 1.82) is 0 Å². The maximum atomic E-state index is 12.4. The highest BCUT2D eigenvalue weighted by atomic mass is 32.2. The van der Waals surface area contributed by atoms with Crippen molar-refractivity contribution in [3.63, 3.8) is 0 Å². The molecule has 134 valence electrons. The van der Waals surface area contributed by atoms with Gasteiger partial charge in [-0.25, -0.2) is 8.78 Å². The molecule has 0 fully saturated rings. The molecule has 0 radical (unpaired) electrons. The molecule has 0 rings (SSSR count). The molecule has 16 heteroatoms. The van der Waals surface area contributed by atoms with Crippen molar-refractivity contribution in [2.45, 2.75) is 23.2 Å². The Hall–Kier alpha value is -0.740. The normalized spacial score (nSPS) is 17.3. The van der Waals surface area contributed by atoms with E-state index >= 15 is 0 Å². The monoisotopic (exact) mass is 390 g/mol. The number of hydrogen-bond acceptors (Lipinski definition) is 6. The van der Waals surface area contributed by atoms with E-state index in [-0.39, 0.29) is 0 Å². The molecule has 0 aromatic carbocycles. The van der Waals surface area contributed by atoms with E-state index in [1.165, 1.54) is 0 Å². The molecule has 0 spiro atoms. The highest BCUT2D eigenvalue weighted by Gasteiger charge is 2.52. The minimum atomic E-state index is -6.52. The Labute approximate surface area is 118 Å². The van der Waals surface area contributed by atoms with Crippen molar-refractivity contribution in [2.24, 2.45) is 0 Å². The van der Waals surface area contributed by atoms with E-state index in [9.17, 15) is 52.0 Å². The molecule has 0 N–H and O–H groups in total. The lowest BCUT2D eigenvalue weighted by molar-refractivity contribution is -0.0740. The average molecular weight is 390 g/mol. The lowest BCUT2D eigenvalue weighted by Crippen LogP contribution is -2.43. The largest absolute Gasteiger partial charge is 0.523 e. The third-order valence-electron chi connectivity index (χ3n) is 1.79. The number of halogens is 8. The number of alkyl halides is 8. The first-order valence-electron chi connectivity index (χ1n) is 4.70. The van der Waals surface area contributed by atoms with E-state index < -0.39 is 56.8 Å². The second-order valence-electron chi connectivity index (χ2n) is 3.38. The Balaban J connectivity index is 5.38. The summed E-state index contributed by atoms with van der Waals surface area (Å²) in [6.45, 7) is -4.56. The van der Waals surface area contributed by atoms with Crippen LogP contribution in [-0.2, 0) is 28.6 Å². The number of rotatable bonds is 7. The maximum absolute atomic E-state index is 12.4. The van der Waals surface area contributed by atoms with Crippen LogP contribution in [0.2, 0.25) is 0 Å². The van der Waals surface area contributed by atoms with E-state index in [2.05, 4.69) is 8.37 Å². The molecule has 0 aromatic heterocycles. The fourth-order valence-corrected chi connectivity index (χ4v) is 2.03. The summed E-state index contributed by atoms with van der Waals surface area (Å²) in [5.74, 6) is 0. The van der Waals surface area contributed by atoms with Crippen molar-refractivity contribution in [3.8, 4) is 0 Å². The van der Waals surface area contributed by atoms with Gasteiger partial charge in [-0.05, 0) is 0 Å². The molecule has 2 atom stereocenters. The van der Waals surface area contributed by atoms with Gasteiger partial charge < -0.3 is 0 Å². The maximum Gasteiger partial charge on any atom is 0.523 e.